The van der Waals surface area contributed by atoms with E-state index in [1.54, 1.807) is 0 Å². The van der Waals surface area contributed by atoms with Crippen molar-refractivity contribution >= 4 is 0 Å². The van der Waals surface area contributed by atoms with Crippen LogP contribution in [-0.2, 0) is 6.54 Å². The molecule has 1 aliphatic carbocycles. The van der Waals surface area contributed by atoms with Gasteiger partial charge in [-0.15, -0.1) is 0 Å². The summed E-state index contributed by atoms with van der Waals surface area (Å²) in [6.07, 6.45) is 2.75. The van der Waals surface area contributed by atoms with E-state index in [2.05, 4.69) is 18.3 Å². The van der Waals surface area contributed by atoms with Crippen LogP contribution in [0.5, 0.6) is 11.5 Å². The first kappa shape index (κ1) is 9.97. The minimum absolute atomic E-state index is 0.352. The molecular weight excluding hydrogens is 202 g/mol. The van der Waals surface area contributed by atoms with Crippen LogP contribution in [0.25, 0.3) is 0 Å². The molecule has 3 rings (SSSR count). The maximum Gasteiger partial charge on any atom is 0.231 e. The van der Waals surface area contributed by atoms with Crippen molar-refractivity contribution < 1.29 is 9.47 Å². The summed E-state index contributed by atoms with van der Waals surface area (Å²) in [4.78, 5) is 0. The molecule has 1 N–H and O–H groups in total. The third-order valence-electron chi connectivity index (χ3n) is 3.42. The van der Waals surface area contributed by atoms with Gasteiger partial charge in [-0.2, -0.15) is 0 Å². The molecule has 2 aliphatic rings. The molecule has 0 aromatic heterocycles. The average molecular weight is 219 g/mol. The Bertz CT molecular complexity index is 388. The van der Waals surface area contributed by atoms with Gasteiger partial charge in [0.05, 0.1) is 0 Å². The van der Waals surface area contributed by atoms with Crippen molar-refractivity contribution in [3.05, 3.63) is 23.8 Å². The molecule has 1 unspecified atom stereocenters. The molecule has 1 aliphatic heterocycles. The van der Waals surface area contributed by atoms with Gasteiger partial charge in [-0.25, -0.2) is 0 Å². The molecule has 0 amide bonds. The largest absolute Gasteiger partial charge is 0.454 e. The summed E-state index contributed by atoms with van der Waals surface area (Å²) < 4.78 is 10.8. The van der Waals surface area contributed by atoms with E-state index in [-0.39, 0.29) is 0 Å². The minimum Gasteiger partial charge on any atom is -0.454 e. The highest BCUT2D eigenvalue weighted by Gasteiger charge is 2.27. The van der Waals surface area contributed by atoms with Crippen LogP contribution in [0.1, 0.15) is 25.3 Å². The first-order chi connectivity index (χ1) is 7.84. The molecule has 0 radical (unpaired) electrons. The summed E-state index contributed by atoms with van der Waals surface area (Å²) in [7, 11) is 0. The molecule has 0 spiro atoms. The van der Waals surface area contributed by atoms with Gasteiger partial charge in [-0.1, -0.05) is 12.1 Å². The lowest BCUT2D eigenvalue weighted by atomic mass is 10.1. The number of hydrogen-bond donors (Lipinski definition) is 1. The van der Waals surface area contributed by atoms with Crippen LogP contribution in [0.15, 0.2) is 18.2 Å². The van der Waals surface area contributed by atoms with Crippen LogP contribution >= 0.6 is 0 Å². The van der Waals surface area contributed by atoms with Gasteiger partial charge < -0.3 is 14.8 Å². The highest BCUT2D eigenvalue weighted by atomic mass is 16.7. The first-order valence-electron chi connectivity index (χ1n) is 5.95. The molecule has 0 bridgehead atoms. The van der Waals surface area contributed by atoms with Gasteiger partial charge in [-0.05, 0) is 31.7 Å². The van der Waals surface area contributed by atoms with E-state index in [1.807, 2.05) is 12.1 Å². The van der Waals surface area contributed by atoms with E-state index in [1.165, 1.54) is 18.4 Å². The Morgan fingerprint density at radius 2 is 2.25 bits per heavy atom. The van der Waals surface area contributed by atoms with E-state index in [0.717, 1.165) is 24.0 Å². The summed E-state index contributed by atoms with van der Waals surface area (Å²) in [6.45, 7) is 3.48. The smallest absolute Gasteiger partial charge is 0.231 e. The second-order valence-corrected chi connectivity index (χ2v) is 4.66. The summed E-state index contributed by atoms with van der Waals surface area (Å²) in [5.41, 5.74) is 1.20. The van der Waals surface area contributed by atoms with Gasteiger partial charge in [0, 0.05) is 18.2 Å². The zero-order chi connectivity index (χ0) is 11.0. The van der Waals surface area contributed by atoms with Crippen molar-refractivity contribution in [1.29, 1.82) is 0 Å². The van der Waals surface area contributed by atoms with Gasteiger partial charge in [0.15, 0.2) is 11.5 Å². The van der Waals surface area contributed by atoms with Crippen LogP contribution in [0.2, 0.25) is 0 Å². The fourth-order valence-electron chi connectivity index (χ4n) is 2.16. The topological polar surface area (TPSA) is 30.5 Å². The number of para-hydroxylation sites is 1. The molecule has 1 aromatic rings. The number of hydrogen-bond acceptors (Lipinski definition) is 3. The molecular formula is C13H17NO2. The van der Waals surface area contributed by atoms with E-state index in [0.29, 0.717) is 12.8 Å². The second-order valence-electron chi connectivity index (χ2n) is 4.66. The Morgan fingerprint density at radius 3 is 3.06 bits per heavy atom. The van der Waals surface area contributed by atoms with E-state index in [4.69, 9.17) is 9.47 Å². The van der Waals surface area contributed by atoms with Gasteiger partial charge in [0.25, 0.3) is 0 Å². The van der Waals surface area contributed by atoms with Crippen LogP contribution in [0.3, 0.4) is 0 Å². The van der Waals surface area contributed by atoms with Crippen molar-refractivity contribution in [2.24, 2.45) is 5.92 Å². The maximum absolute atomic E-state index is 5.48. The Balaban J connectivity index is 1.67. The van der Waals surface area contributed by atoms with E-state index < -0.39 is 0 Å². The lowest BCUT2D eigenvalue weighted by Gasteiger charge is -2.13. The van der Waals surface area contributed by atoms with Crippen LogP contribution < -0.4 is 14.8 Å². The van der Waals surface area contributed by atoms with Crippen molar-refractivity contribution in [2.75, 3.05) is 6.79 Å². The number of fused-ring (bicyclic) bond motifs is 1. The molecule has 1 fully saturated rings. The number of nitrogens with one attached hydrogen (secondary N) is 1. The minimum atomic E-state index is 0.352. The van der Waals surface area contributed by atoms with Crippen molar-refractivity contribution in [3.8, 4) is 11.5 Å². The average Bonchev–Trinajstić information content (AvgIpc) is 3.04. The van der Waals surface area contributed by atoms with Crippen molar-refractivity contribution in [2.45, 2.75) is 32.4 Å². The molecule has 1 atom stereocenters. The second kappa shape index (κ2) is 3.98. The number of rotatable bonds is 4. The Labute approximate surface area is 95.8 Å². The predicted molar refractivity (Wildman–Crippen MR) is 61.6 cm³/mol. The third kappa shape index (κ3) is 1.87. The summed E-state index contributed by atoms with van der Waals surface area (Å²) >= 11 is 0. The molecule has 1 aromatic carbocycles. The van der Waals surface area contributed by atoms with Crippen LogP contribution in [0, 0.1) is 5.92 Å². The number of ether oxygens (including phenoxy) is 2. The Hall–Kier alpha value is -1.22. The monoisotopic (exact) mass is 219 g/mol. The molecule has 3 heteroatoms. The Kier molecular flexibility index (Phi) is 2.48. The van der Waals surface area contributed by atoms with Crippen LogP contribution in [-0.4, -0.2) is 12.8 Å². The maximum atomic E-state index is 5.48. The Morgan fingerprint density at radius 1 is 1.38 bits per heavy atom. The zero-order valence-electron chi connectivity index (χ0n) is 9.53. The van der Waals surface area contributed by atoms with E-state index in [9.17, 15) is 0 Å². The first-order valence-corrected chi connectivity index (χ1v) is 5.95. The summed E-state index contributed by atoms with van der Waals surface area (Å²) in [5, 5.41) is 3.56. The highest BCUT2D eigenvalue weighted by Crippen LogP contribution is 2.36. The molecule has 1 heterocycles. The fraction of sp³-hybridized carbons (Fsp3) is 0.538. The fourth-order valence-corrected chi connectivity index (χ4v) is 2.16. The van der Waals surface area contributed by atoms with Crippen molar-refractivity contribution in [1.82, 2.24) is 5.32 Å². The van der Waals surface area contributed by atoms with Crippen LogP contribution in [0.4, 0.5) is 0 Å². The zero-order valence-corrected chi connectivity index (χ0v) is 9.53. The van der Waals surface area contributed by atoms with Gasteiger partial charge in [0.1, 0.15) is 0 Å². The summed E-state index contributed by atoms with van der Waals surface area (Å²) in [6, 6.07) is 6.68. The quantitative estimate of drug-likeness (QED) is 0.843. The van der Waals surface area contributed by atoms with E-state index >= 15 is 0 Å². The van der Waals surface area contributed by atoms with Crippen molar-refractivity contribution in [3.63, 3.8) is 0 Å². The third-order valence-corrected chi connectivity index (χ3v) is 3.42. The SMILES string of the molecule is CC(NCc1cccc2c1OCO2)C1CC1. The highest BCUT2D eigenvalue weighted by molar-refractivity contribution is 5.48. The van der Waals surface area contributed by atoms with Gasteiger partial charge in [0.2, 0.25) is 6.79 Å². The molecule has 1 saturated carbocycles. The molecule has 3 nitrogen and oxygen atoms in total. The molecule has 0 saturated heterocycles. The lowest BCUT2D eigenvalue weighted by Crippen LogP contribution is -2.27. The normalized spacial score (nSPS) is 19.8. The predicted octanol–water partition coefficient (Wildman–Crippen LogP) is 2.30. The molecule has 86 valence electrons. The van der Waals surface area contributed by atoms with Gasteiger partial charge >= 0.3 is 0 Å². The summed E-state index contributed by atoms with van der Waals surface area (Å²) in [5.74, 6) is 2.67. The number of benzene rings is 1. The van der Waals surface area contributed by atoms with Gasteiger partial charge in [-0.3, -0.25) is 0 Å². The molecule has 16 heavy (non-hydrogen) atoms. The lowest BCUT2D eigenvalue weighted by molar-refractivity contribution is 0.173. The standard InChI is InChI=1S/C13H17NO2/c1-9(10-5-6-10)14-7-11-3-2-4-12-13(11)16-8-15-12/h2-4,9-10,14H,5-8H2,1H3.